The first-order valence-electron chi connectivity index (χ1n) is 6.99. The van der Waals surface area contributed by atoms with Crippen LogP contribution in [0.3, 0.4) is 0 Å². The summed E-state index contributed by atoms with van der Waals surface area (Å²) < 4.78 is 5.16. The molecule has 0 saturated carbocycles. The van der Waals surface area contributed by atoms with Crippen molar-refractivity contribution in [1.29, 1.82) is 0 Å². The van der Waals surface area contributed by atoms with Gasteiger partial charge in [-0.25, -0.2) is 0 Å². The van der Waals surface area contributed by atoms with E-state index < -0.39 is 6.10 Å². The Kier molecular flexibility index (Phi) is 4.69. The Balaban J connectivity index is 2.21. The molecule has 1 aliphatic rings. The summed E-state index contributed by atoms with van der Waals surface area (Å²) in [4.78, 5) is 16.4. The molecule has 0 bridgehead atoms. The van der Waals surface area contributed by atoms with Crippen molar-refractivity contribution in [3.05, 3.63) is 23.8 Å². The van der Waals surface area contributed by atoms with E-state index in [0.29, 0.717) is 30.0 Å². The zero-order valence-corrected chi connectivity index (χ0v) is 12.7. The van der Waals surface area contributed by atoms with Crippen LogP contribution in [0.15, 0.2) is 18.2 Å². The lowest BCUT2D eigenvalue weighted by Gasteiger charge is -2.27. The summed E-state index contributed by atoms with van der Waals surface area (Å²) in [5.74, 6) is 0.390. The molecular weight excluding hydrogens is 270 g/mol. The van der Waals surface area contributed by atoms with Gasteiger partial charge in [-0.2, -0.15) is 0 Å². The average Bonchev–Trinajstić information content (AvgIpc) is 2.78. The number of nitrogen functional groups attached to an aromatic ring is 1. The zero-order valence-electron chi connectivity index (χ0n) is 12.7. The fourth-order valence-corrected chi connectivity index (χ4v) is 2.75. The molecule has 1 aromatic rings. The van der Waals surface area contributed by atoms with Gasteiger partial charge in [0.2, 0.25) is 0 Å². The Labute approximate surface area is 125 Å². The molecule has 1 saturated heterocycles. The van der Waals surface area contributed by atoms with E-state index in [0.717, 1.165) is 6.54 Å². The van der Waals surface area contributed by atoms with Crippen molar-refractivity contribution in [2.45, 2.75) is 18.6 Å². The number of nitrogens with zero attached hydrogens (tertiary/aromatic N) is 2. The number of hydrogen-bond acceptors (Lipinski definition) is 5. The van der Waals surface area contributed by atoms with Crippen molar-refractivity contribution in [3.8, 4) is 5.75 Å². The second-order valence-corrected chi connectivity index (χ2v) is 5.72. The normalized spacial score (nSPS) is 21.9. The van der Waals surface area contributed by atoms with E-state index in [4.69, 9.17) is 10.5 Å². The third-order valence-electron chi connectivity index (χ3n) is 3.71. The molecule has 3 N–H and O–H groups in total. The van der Waals surface area contributed by atoms with Crippen molar-refractivity contribution in [3.63, 3.8) is 0 Å². The first-order valence-corrected chi connectivity index (χ1v) is 6.99. The second kappa shape index (κ2) is 6.32. The Bertz CT molecular complexity index is 519. The molecule has 6 heteroatoms. The summed E-state index contributed by atoms with van der Waals surface area (Å²) in [5, 5.41) is 9.87. The van der Waals surface area contributed by atoms with Gasteiger partial charge in [0.1, 0.15) is 5.75 Å². The summed E-state index contributed by atoms with van der Waals surface area (Å²) in [6.07, 6.45) is 0.144. The number of β-amino-alcohol motifs (C(OH)–C–C–N with tert-alkyl or cyclic N) is 1. The molecule has 21 heavy (non-hydrogen) atoms. The number of carbonyl (C=O) groups is 1. The number of ether oxygens (including phenoxy) is 1. The molecular formula is C15H23N3O3. The fraction of sp³-hybridized carbons (Fsp3) is 0.533. The van der Waals surface area contributed by atoms with Crippen LogP contribution in [-0.2, 0) is 0 Å². The second-order valence-electron chi connectivity index (χ2n) is 5.72. The summed E-state index contributed by atoms with van der Waals surface area (Å²) in [6.45, 7) is 1.10. The number of rotatable bonds is 4. The molecule has 1 heterocycles. The van der Waals surface area contributed by atoms with Crippen LogP contribution in [0.5, 0.6) is 5.75 Å². The van der Waals surface area contributed by atoms with Gasteiger partial charge in [0.05, 0.1) is 18.9 Å². The largest absolute Gasteiger partial charge is 0.495 e. The smallest absolute Gasteiger partial charge is 0.254 e. The van der Waals surface area contributed by atoms with Crippen molar-refractivity contribution in [2.75, 3.05) is 40.0 Å². The Morgan fingerprint density at radius 3 is 2.86 bits per heavy atom. The highest BCUT2D eigenvalue weighted by Gasteiger charge is 2.35. The third kappa shape index (κ3) is 3.46. The number of likely N-dealkylation sites (N-methyl/N-ethyl adjacent to an activating group) is 1. The minimum Gasteiger partial charge on any atom is -0.495 e. The SMILES string of the molecule is COc1cc(C(=O)N2CC(O)CC2CN(C)C)ccc1N. The number of aliphatic hydroxyl groups excluding tert-OH is 1. The molecule has 1 aromatic carbocycles. The number of methoxy groups -OCH3 is 1. The average molecular weight is 293 g/mol. The Morgan fingerprint density at radius 2 is 2.24 bits per heavy atom. The molecule has 1 amide bonds. The molecule has 0 aliphatic carbocycles. The van der Waals surface area contributed by atoms with Crippen molar-refractivity contribution in [1.82, 2.24) is 9.80 Å². The molecule has 0 spiro atoms. The molecule has 6 nitrogen and oxygen atoms in total. The van der Waals surface area contributed by atoms with Crippen LogP contribution in [0, 0.1) is 0 Å². The van der Waals surface area contributed by atoms with Gasteiger partial charge in [-0.05, 0) is 38.7 Å². The highest BCUT2D eigenvalue weighted by Crippen LogP contribution is 2.26. The highest BCUT2D eigenvalue weighted by molar-refractivity contribution is 5.95. The summed E-state index contributed by atoms with van der Waals surface area (Å²) in [6, 6.07) is 5.03. The number of likely N-dealkylation sites (tertiary alicyclic amines) is 1. The van der Waals surface area contributed by atoms with E-state index in [9.17, 15) is 9.90 Å². The van der Waals surface area contributed by atoms with Crippen LogP contribution in [0.1, 0.15) is 16.8 Å². The number of aliphatic hydroxyl groups is 1. The van der Waals surface area contributed by atoms with Crippen molar-refractivity contribution >= 4 is 11.6 Å². The zero-order chi connectivity index (χ0) is 15.6. The molecule has 0 radical (unpaired) electrons. The van der Waals surface area contributed by atoms with Crippen LogP contribution >= 0.6 is 0 Å². The van der Waals surface area contributed by atoms with Gasteiger partial charge < -0.3 is 25.4 Å². The van der Waals surface area contributed by atoms with Crippen molar-refractivity contribution < 1.29 is 14.6 Å². The predicted octanol–water partition coefficient (Wildman–Crippen LogP) is 0.414. The topological polar surface area (TPSA) is 79.0 Å². The fourth-order valence-electron chi connectivity index (χ4n) is 2.75. The van der Waals surface area contributed by atoms with E-state index in [1.165, 1.54) is 7.11 Å². The number of hydrogen-bond donors (Lipinski definition) is 2. The third-order valence-corrected chi connectivity index (χ3v) is 3.71. The molecule has 2 rings (SSSR count). The van der Waals surface area contributed by atoms with Crippen LogP contribution in [0.2, 0.25) is 0 Å². The maximum absolute atomic E-state index is 12.7. The van der Waals surface area contributed by atoms with Crippen LogP contribution < -0.4 is 10.5 Å². The molecule has 116 valence electrons. The summed E-state index contributed by atoms with van der Waals surface area (Å²) in [5.41, 5.74) is 6.80. The minimum atomic E-state index is -0.463. The van der Waals surface area contributed by atoms with Crippen molar-refractivity contribution in [2.24, 2.45) is 0 Å². The van der Waals surface area contributed by atoms with E-state index >= 15 is 0 Å². The van der Waals surface area contributed by atoms with Gasteiger partial charge in [0.25, 0.3) is 5.91 Å². The quantitative estimate of drug-likeness (QED) is 0.786. The Morgan fingerprint density at radius 1 is 1.52 bits per heavy atom. The first-order chi connectivity index (χ1) is 9.92. The lowest BCUT2D eigenvalue weighted by atomic mass is 10.1. The number of benzene rings is 1. The maximum atomic E-state index is 12.7. The molecule has 1 fully saturated rings. The summed E-state index contributed by atoms with van der Waals surface area (Å²) >= 11 is 0. The molecule has 1 aliphatic heterocycles. The van der Waals surface area contributed by atoms with Gasteiger partial charge in [0.15, 0.2) is 0 Å². The van der Waals surface area contributed by atoms with Gasteiger partial charge in [-0.15, -0.1) is 0 Å². The monoisotopic (exact) mass is 293 g/mol. The molecule has 0 aromatic heterocycles. The summed E-state index contributed by atoms with van der Waals surface area (Å²) in [7, 11) is 5.44. The van der Waals surface area contributed by atoms with E-state index in [2.05, 4.69) is 0 Å². The Hall–Kier alpha value is -1.79. The molecule has 2 unspecified atom stereocenters. The van der Waals surface area contributed by atoms with Crippen LogP contribution in [0.25, 0.3) is 0 Å². The number of nitrogens with two attached hydrogens (primary N) is 1. The minimum absolute atomic E-state index is 0.0195. The van der Waals surface area contributed by atoms with Crippen LogP contribution in [-0.4, -0.2) is 67.3 Å². The standard InChI is InChI=1S/C15H23N3O3/c1-17(2)8-11-7-12(19)9-18(11)15(20)10-4-5-13(16)14(6-10)21-3/h4-6,11-12,19H,7-9,16H2,1-3H3. The van der Waals surface area contributed by atoms with Gasteiger partial charge in [-0.3, -0.25) is 4.79 Å². The first kappa shape index (κ1) is 15.6. The highest BCUT2D eigenvalue weighted by atomic mass is 16.5. The number of anilines is 1. The van der Waals surface area contributed by atoms with Crippen LogP contribution in [0.4, 0.5) is 5.69 Å². The number of carbonyl (C=O) groups excluding carboxylic acids is 1. The van der Waals surface area contributed by atoms with E-state index in [1.54, 1.807) is 23.1 Å². The lowest BCUT2D eigenvalue weighted by molar-refractivity contribution is 0.0699. The van der Waals surface area contributed by atoms with E-state index in [1.807, 2.05) is 19.0 Å². The lowest BCUT2D eigenvalue weighted by Crippen LogP contribution is -2.41. The molecule has 2 atom stereocenters. The van der Waals surface area contributed by atoms with Gasteiger partial charge in [0, 0.05) is 24.7 Å². The number of amides is 1. The van der Waals surface area contributed by atoms with Gasteiger partial charge >= 0.3 is 0 Å². The van der Waals surface area contributed by atoms with Gasteiger partial charge in [-0.1, -0.05) is 0 Å². The van der Waals surface area contributed by atoms with E-state index in [-0.39, 0.29) is 11.9 Å². The maximum Gasteiger partial charge on any atom is 0.254 e. The predicted molar refractivity (Wildman–Crippen MR) is 81.4 cm³/mol.